The van der Waals surface area contributed by atoms with E-state index in [1.165, 1.54) is 35.5 Å². The molecule has 19 heavy (non-hydrogen) atoms. The molecule has 0 spiro atoms. The molecule has 0 amide bonds. The molecule has 0 saturated carbocycles. The van der Waals surface area contributed by atoms with Crippen molar-refractivity contribution in [2.45, 2.75) is 13.8 Å². The summed E-state index contributed by atoms with van der Waals surface area (Å²) in [4.78, 5) is 8.16. The van der Waals surface area contributed by atoms with Crippen LogP contribution in [-0.2, 0) is 26.2 Å². The second kappa shape index (κ2) is 7.65. The summed E-state index contributed by atoms with van der Waals surface area (Å²) in [5.74, 6) is 0. The Morgan fingerprint density at radius 2 is 1.58 bits per heavy atom. The van der Waals surface area contributed by atoms with Gasteiger partial charge in [0.1, 0.15) is 6.33 Å². The van der Waals surface area contributed by atoms with Crippen molar-refractivity contribution in [2.75, 3.05) is 0 Å². The van der Waals surface area contributed by atoms with Crippen molar-refractivity contribution in [1.29, 1.82) is 0 Å². The average Bonchev–Trinajstić information content (AvgIpc) is 2.80. The molecule has 0 unspecified atom stereocenters. The van der Waals surface area contributed by atoms with Gasteiger partial charge in [-0.3, -0.25) is 0 Å². The van der Waals surface area contributed by atoms with Crippen LogP contribution in [0.2, 0.25) is 0 Å². The second-order valence-corrected chi connectivity index (χ2v) is 5.40. The van der Waals surface area contributed by atoms with E-state index < -0.39 is 0 Å². The Morgan fingerprint density at radius 3 is 2.21 bits per heavy atom. The van der Waals surface area contributed by atoms with Crippen LogP contribution in [0, 0.1) is 0 Å². The smallest absolute Gasteiger partial charge is 1.00 e. The van der Waals surface area contributed by atoms with E-state index in [4.69, 9.17) is 0 Å². The van der Waals surface area contributed by atoms with Gasteiger partial charge in [0.25, 0.3) is 0 Å². The van der Waals surface area contributed by atoms with Gasteiger partial charge >= 0.3 is 26.2 Å². The van der Waals surface area contributed by atoms with Gasteiger partial charge in [-0.2, -0.15) is 0 Å². The number of fused-ring (bicyclic) bond motifs is 1. The second-order valence-electron chi connectivity index (χ2n) is 4.03. The number of allylic oxidation sites excluding steroid dienone is 6. The molecular formula is C13H11Cl2N2PZr. The molecule has 0 radical (unpaired) electrons. The maximum absolute atomic E-state index is 4.08. The average molecular weight is 388 g/mol. The van der Waals surface area contributed by atoms with Gasteiger partial charge in [0.15, 0.2) is 0 Å². The van der Waals surface area contributed by atoms with Crippen LogP contribution in [0.1, 0.15) is 19.4 Å². The number of aromatic nitrogens is 2. The van der Waals surface area contributed by atoms with Gasteiger partial charge in [-0.15, -0.1) is 0 Å². The molecule has 0 atom stereocenters. The quantitative estimate of drug-likeness (QED) is 0.487. The van der Waals surface area contributed by atoms with Gasteiger partial charge in [0.2, 0.25) is 0 Å². The summed E-state index contributed by atoms with van der Waals surface area (Å²) in [7, 11) is 1.35. The Morgan fingerprint density at radius 1 is 0.947 bits per heavy atom. The largest absolute Gasteiger partial charge is 2.00 e. The van der Waals surface area contributed by atoms with Crippen LogP contribution in [0.5, 0.6) is 0 Å². The molecule has 3 rings (SSSR count). The van der Waals surface area contributed by atoms with Gasteiger partial charge in [0, 0.05) is 23.3 Å². The van der Waals surface area contributed by atoms with Crippen LogP contribution >= 0.6 is 8.20 Å². The molecule has 1 aliphatic carbocycles. The van der Waals surface area contributed by atoms with Gasteiger partial charge < -0.3 is 24.8 Å². The maximum atomic E-state index is 4.08. The summed E-state index contributed by atoms with van der Waals surface area (Å²) in [5.41, 5.74) is 5.08. The number of nitrogens with zero attached hydrogens (tertiary/aromatic N) is 2. The fourth-order valence-electron chi connectivity index (χ4n) is 2.09. The predicted molar refractivity (Wildman–Crippen MR) is 68.4 cm³/mol. The molecule has 2 aliphatic rings. The molecule has 0 aromatic carbocycles. The molecule has 0 saturated heterocycles. The summed E-state index contributed by atoms with van der Waals surface area (Å²) >= 11 is 0. The van der Waals surface area contributed by atoms with Gasteiger partial charge in [-0.1, -0.05) is 8.20 Å². The number of halogens is 2. The first-order valence-electron chi connectivity index (χ1n) is 5.21. The molecule has 0 bridgehead atoms. The van der Waals surface area contributed by atoms with Crippen LogP contribution in [-0.4, -0.2) is 15.3 Å². The monoisotopic (exact) mass is 386 g/mol. The summed E-state index contributed by atoms with van der Waals surface area (Å²) < 4.78 is 0. The standard InChI is InChI=1S/C13H11N2P.2ClH.Zr/c1-8-3-11(10-5-14-7-15-6-10)12-4-9(2)16-13(8)12;;;/h3-7H,1-2H3;2*1H;/q;;;+2/p-2. The van der Waals surface area contributed by atoms with Crippen LogP contribution in [0.3, 0.4) is 0 Å². The van der Waals surface area contributed by atoms with E-state index in [-0.39, 0.29) is 51.0 Å². The number of hydrogen-bond acceptors (Lipinski definition) is 2. The van der Waals surface area contributed by atoms with Crippen LogP contribution in [0.25, 0.3) is 5.57 Å². The molecule has 2 nitrogen and oxygen atoms in total. The van der Waals surface area contributed by atoms with E-state index in [2.05, 4.69) is 36.0 Å². The van der Waals surface area contributed by atoms with Gasteiger partial charge in [-0.25, -0.2) is 9.97 Å². The number of hydrogen-bond donors (Lipinski definition) is 0. The zero-order valence-electron chi connectivity index (χ0n) is 10.5. The third kappa shape index (κ3) is 3.53. The molecule has 1 aromatic heterocycles. The third-order valence-corrected chi connectivity index (χ3v) is 4.09. The molecule has 0 N–H and O–H groups in total. The zero-order chi connectivity index (χ0) is 11.1. The van der Waals surface area contributed by atoms with E-state index in [0.717, 1.165) is 5.56 Å². The van der Waals surface area contributed by atoms with E-state index in [1.807, 2.05) is 12.4 Å². The first kappa shape index (κ1) is 18.9. The molecule has 1 aliphatic heterocycles. The molecular weight excluding hydrogens is 377 g/mol. The van der Waals surface area contributed by atoms with Crippen LogP contribution in [0.15, 0.2) is 47.3 Å². The Kier molecular flexibility index (Phi) is 7.62. The normalized spacial score (nSPS) is 16.2. The summed E-state index contributed by atoms with van der Waals surface area (Å²) in [5, 5.41) is 2.85. The van der Waals surface area contributed by atoms with E-state index in [0.29, 0.717) is 0 Å². The topological polar surface area (TPSA) is 25.8 Å². The summed E-state index contributed by atoms with van der Waals surface area (Å²) in [6.45, 7) is 4.35. The fourth-order valence-corrected chi connectivity index (χ4v) is 3.18. The summed E-state index contributed by atoms with van der Waals surface area (Å²) in [6, 6.07) is 0. The van der Waals surface area contributed by atoms with Crippen molar-refractivity contribution in [3.63, 3.8) is 0 Å². The van der Waals surface area contributed by atoms with Crippen LogP contribution < -0.4 is 24.8 Å². The molecule has 96 valence electrons. The predicted octanol–water partition coefficient (Wildman–Crippen LogP) is -2.77. The van der Waals surface area contributed by atoms with E-state index in [1.54, 1.807) is 6.33 Å². The fraction of sp³-hybridized carbons (Fsp3) is 0.154. The summed E-state index contributed by atoms with van der Waals surface area (Å²) in [6.07, 6.45) is 9.82. The van der Waals surface area contributed by atoms with Crippen molar-refractivity contribution in [3.8, 4) is 0 Å². The Balaban J connectivity index is 0.00000108. The zero-order valence-corrected chi connectivity index (χ0v) is 15.3. The van der Waals surface area contributed by atoms with Gasteiger partial charge in [-0.05, 0) is 48.0 Å². The maximum Gasteiger partial charge on any atom is 2.00 e. The van der Waals surface area contributed by atoms with Crippen molar-refractivity contribution in [2.24, 2.45) is 0 Å². The van der Waals surface area contributed by atoms with Crippen LogP contribution in [0.4, 0.5) is 0 Å². The minimum absolute atomic E-state index is 0. The first-order chi connectivity index (χ1) is 7.75. The van der Waals surface area contributed by atoms with Crippen molar-refractivity contribution < 1.29 is 51.0 Å². The Labute approximate surface area is 146 Å². The van der Waals surface area contributed by atoms with Crippen molar-refractivity contribution in [3.05, 3.63) is 52.9 Å². The van der Waals surface area contributed by atoms with E-state index >= 15 is 0 Å². The molecule has 6 heteroatoms. The third-order valence-electron chi connectivity index (χ3n) is 2.79. The minimum Gasteiger partial charge on any atom is -1.00 e. The Bertz CT molecular complexity index is 592. The SMILES string of the molecule is CC1=PC2=C(C)C=C(c3cncnc3)C2=C1.[Cl-].[Cl-].[Zr+2]. The molecule has 2 heterocycles. The van der Waals surface area contributed by atoms with Crippen molar-refractivity contribution in [1.82, 2.24) is 9.97 Å². The van der Waals surface area contributed by atoms with Crippen molar-refractivity contribution >= 4 is 19.1 Å². The Hall–Kier alpha value is -0.0669. The van der Waals surface area contributed by atoms with Gasteiger partial charge in [0.05, 0.1) is 0 Å². The minimum atomic E-state index is 0. The molecule has 0 fully saturated rings. The number of rotatable bonds is 1. The molecule has 1 aromatic rings. The van der Waals surface area contributed by atoms with E-state index in [9.17, 15) is 0 Å². The first-order valence-corrected chi connectivity index (χ1v) is 6.11.